The van der Waals surface area contributed by atoms with Crippen LogP contribution in [0.4, 0.5) is 14.5 Å². The van der Waals surface area contributed by atoms with Crippen LogP contribution in [0.25, 0.3) is 0 Å². The molecule has 8 heteroatoms. The third kappa shape index (κ3) is 2.55. The van der Waals surface area contributed by atoms with E-state index in [9.17, 15) is 18.9 Å². The van der Waals surface area contributed by atoms with E-state index < -0.39 is 28.5 Å². The van der Waals surface area contributed by atoms with Crippen LogP contribution in [0.3, 0.4) is 0 Å². The quantitative estimate of drug-likeness (QED) is 0.609. The minimum absolute atomic E-state index is 0.0993. The summed E-state index contributed by atoms with van der Waals surface area (Å²) in [4.78, 5) is 9.60. The molecule has 1 rings (SSSR count). The number of alkyl halides is 2. The molecule has 84 valence electrons. The molecule has 5 nitrogen and oxygen atoms in total. The number of nitro benzene ring substituents is 1. The number of hydrogen-bond acceptors (Lipinski definition) is 4. The van der Waals surface area contributed by atoms with E-state index in [1.54, 1.807) is 0 Å². The minimum Gasteiger partial charge on any atom is -0.427 e. The van der Waals surface area contributed by atoms with Gasteiger partial charge in [-0.3, -0.25) is 10.1 Å². The molecular weight excluding hydrogens is 246 g/mol. The zero-order valence-corrected chi connectivity index (χ0v) is 8.24. The molecule has 1 aromatic carbocycles. The third-order valence-electron chi connectivity index (χ3n) is 1.56. The fourth-order valence-corrected chi connectivity index (χ4v) is 1.24. The zero-order valence-electron chi connectivity index (χ0n) is 7.49. The second kappa shape index (κ2) is 4.72. The summed E-state index contributed by atoms with van der Waals surface area (Å²) in [6, 6.07) is 3.33. The molecule has 0 heterocycles. The number of nitro groups is 1. The number of ether oxygens (including phenoxy) is 1. The minimum atomic E-state index is -3.23. The van der Waals surface area contributed by atoms with Crippen molar-refractivity contribution >= 4 is 17.3 Å². The molecule has 0 atom stereocenters. The van der Waals surface area contributed by atoms with Crippen LogP contribution in [0.15, 0.2) is 12.1 Å². The molecule has 0 aromatic heterocycles. The zero-order chi connectivity index (χ0) is 12.3. The van der Waals surface area contributed by atoms with Crippen molar-refractivity contribution in [3.8, 4) is 11.8 Å². The average molecular weight is 249 g/mol. The van der Waals surface area contributed by atoms with Crippen molar-refractivity contribution in [2.45, 2.75) is 6.61 Å². The van der Waals surface area contributed by atoms with E-state index in [2.05, 4.69) is 4.74 Å². The molecule has 0 bridgehead atoms. The van der Waals surface area contributed by atoms with E-state index in [0.717, 1.165) is 12.1 Å². The molecular formula is C8H3ClF2N2O3. The van der Waals surface area contributed by atoms with Gasteiger partial charge in [-0.25, -0.2) is 0 Å². The number of nitriles is 1. The predicted molar refractivity (Wildman–Crippen MR) is 49.5 cm³/mol. The lowest BCUT2D eigenvalue weighted by molar-refractivity contribution is -0.386. The van der Waals surface area contributed by atoms with E-state index in [0.29, 0.717) is 0 Å². The second-order valence-corrected chi connectivity index (χ2v) is 2.98. The number of benzene rings is 1. The van der Waals surface area contributed by atoms with Crippen LogP contribution in [0.5, 0.6) is 5.75 Å². The van der Waals surface area contributed by atoms with Crippen LogP contribution >= 0.6 is 11.6 Å². The molecule has 16 heavy (non-hydrogen) atoms. The van der Waals surface area contributed by atoms with Gasteiger partial charge in [-0.2, -0.15) is 14.0 Å². The number of hydrogen-bond donors (Lipinski definition) is 0. The van der Waals surface area contributed by atoms with E-state index in [1.807, 2.05) is 0 Å². The Labute approximate surface area is 93.0 Å². The van der Waals surface area contributed by atoms with Crippen LogP contribution < -0.4 is 4.74 Å². The molecule has 0 amide bonds. The Morgan fingerprint density at radius 2 is 2.19 bits per heavy atom. The molecule has 0 aliphatic heterocycles. The monoisotopic (exact) mass is 248 g/mol. The molecule has 0 radical (unpaired) electrons. The first kappa shape index (κ1) is 12.1. The van der Waals surface area contributed by atoms with Crippen molar-refractivity contribution < 1.29 is 18.4 Å². The van der Waals surface area contributed by atoms with Gasteiger partial charge in [0.2, 0.25) is 5.75 Å². The Balaban J connectivity index is 3.39. The van der Waals surface area contributed by atoms with Gasteiger partial charge in [0.15, 0.2) is 0 Å². The van der Waals surface area contributed by atoms with Gasteiger partial charge in [-0.15, -0.1) is 0 Å². The molecule has 0 fully saturated rings. The van der Waals surface area contributed by atoms with Gasteiger partial charge in [0.1, 0.15) is 11.6 Å². The van der Waals surface area contributed by atoms with Crippen LogP contribution in [-0.2, 0) is 0 Å². The molecule has 0 unspecified atom stereocenters. The standard InChI is InChI=1S/C8H3ClF2N2O3/c9-5-1-4(3-12)7(13(14)15)6(2-5)16-8(10)11/h1-2,8H. The first-order valence-electron chi connectivity index (χ1n) is 3.78. The Hall–Kier alpha value is -1.94. The van der Waals surface area contributed by atoms with E-state index in [-0.39, 0.29) is 5.02 Å². The van der Waals surface area contributed by atoms with Crippen LogP contribution in [-0.4, -0.2) is 11.5 Å². The van der Waals surface area contributed by atoms with Crippen molar-refractivity contribution in [1.82, 2.24) is 0 Å². The molecule has 0 spiro atoms. The summed E-state index contributed by atoms with van der Waals surface area (Å²) in [6.07, 6.45) is 0. The predicted octanol–water partition coefficient (Wildman–Crippen LogP) is 2.72. The Morgan fingerprint density at radius 3 is 2.62 bits per heavy atom. The lowest BCUT2D eigenvalue weighted by Gasteiger charge is -2.06. The summed E-state index contributed by atoms with van der Waals surface area (Å²) in [5.41, 5.74) is -1.26. The van der Waals surface area contributed by atoms with Crippen molar-refractivity contribution in [2.75, 3.05) is 0 Å². The fraction of sp³-hybridized carbons (Fsp3) is 0.125. The summed E-state index contributed by atoms with van der Waals surface area (Å²) in [5, 5.41) is 19.1. The average Bonchev–Trinajstić information content (AvgIpc) is 2.14. The van der Waals surface area contributed by atoms with Crippen molar-refractivity contribution in [2.24, 2.45) is 0 Å². The number of nitrogens with zero attached hydrogens (tertiary/aromatic N) is 2. The Kier molecular flexibility index (Phi) is 3.58. The summed E-state index contributed by atoms with van der Waals surface area (Å²) in [6.45, 7) is -3.23. The van der Waals surface area contributed by atoms with Gasteiger partial charge >= 0.3 is 12.3 Å². The molecule has 0 aliphatic rings. The first-order valence-corrected chi connectivity index (χ1v) is 4.16. The highest BCUT2D eigenvalue weighted by Crippen LogP contribution is 2.34. The van der Waals surface area contributed by atoms with Crippen LogP contribution in [0.2, 0.25) is 5.02 Å². The Morgan fingerprint density at radius 1 is 1.56 bits per heavy atom. The van der Waals surface area contributed by atoms with E-state index in [1.165, 1.54) is 6.07 Å². The molecule has 0 N–H and O–H groups in total. The smallest absolute Gasteiger partial charge is 0.387 e. The highest BCUT2D eigenvalue weighted by molar-refractivity contribution is 6.31. The number of rotatable bonds is 3. The topological polar surface area (TPSA) is 76.2 Å². The maximum absolute atomic E-state index is 12.0. The highest BCUT2D eigenvalue weighted by Gasteiger charge is 2.24. The van der Waals surface area contributed by atoms with Gasteiger partial charge in [0.25, 0.3) is 0 Å². The SMILES string of the molecule is N#Cc1cc(Cl)cc(OC(F)F)c1[N+](=O)[O-]. The van der Waals surface area contributed by atoms with Gasteiger partial charge in [-0.1, -0.05) is 11.6 Å². The normalized spacial score (nSPS) is 9.94. The summed E-state index contributed by atoms with van der Waals surface area (Å²) < 4.78 is 27.8. The van der Waals surface area contributed by atoms with Gasteiger partial charge in [-0.05, 0) is 6.07 Å². The highest BCUT2D eigenvalue weighted by atomic mass is 35.5. The van der Waals surface area contributed by atoms with Crippen molar-refractivity contribution in [3.05, 3.63) is 32.8 Å². The van der Waals surface area contributed by atoms with Crippen molar-refractivity contribution in [1.29, 1.82) is 5.26 Å². The number of halogens is 3. The van der Waals surface area contributed by atoms with E-state index in [4.69, 9.17) is 16.9 Å². The molecule has 0 saturated carbocycles. The molecule has 1 aromatic rings. The largest absolute Gasteiger partial charge is 0.427 e. The summed E-state index contributed by atoms with van der Waals surface area (Å²) in [5.74, 6) is -0.732. The third-order valence-corrected chi connectivity index (χ3v) is 1.78. The molecule has 0 aliphatic carbocycles. The first-order chi connectivity index (χ1) is 7.45. The lowest BCUT2D eigenvalue weighted by Crippen LogP contribution is -2.05. The lowest BCUT2D eigenvalue weighted by atomic mass is 10.2. The van der Waals surface area contributed by atoms with Gasteiger partial charge in [0, 0.05) is 11.1 Å². The summed E-state index contributed by atoms with van der Waals surface area (Å²) >= 11 is 5.49. The fourth-order valence-electron chi connectivity index (χ4n) is 1.03. The van der Waals surface area contributed by atoms with Crippen molar-refractivity contribution in [3.63, 3.8) is 0 Å². The van der Waals surface area contributed by atoms with Crippen LogP contribution in [0, 0.1) is 21.4 Å². The summed E-state index contributed by atoms with van der Waals surface area (Å²) in [7, 11) is 0. The van der Waals surface area contributed by atoms with E-state index >= 15 is 0 Å². The Bertz CT molecular complexity index is 473. The second-order valence-electron chi connectivity index (χ2n) is 2.55. The van der Waals surface area contributed by atoms with Gasteiger partial charge < -0.3 is 4.74 Å². The maximum atomic E-state index is 12.0. The van der Waals surface area contributed by atoms with Crippen LogP contribution in [0.1, 0.15) is 5.56 Å². The van der Waals surface area contributed by atoms with Gasteiger partial charge in [0.05, 0.1) is 4.92 Å². The maximum Gasteiger partial charge on any atom is 0.387 e. The molecule has 0 saturated heterocycles.